The lowest BCUT2D eigenvalue weighted by atomic mass is 9.97. The van der Waals surface area contributed by atoms with Gasteiger partial charge in [0.1, 0.15) is 0 Å². The van der Waals surface area contributed by atoms with Crippen molar-refractivity contribution in [2.75, 3.05) is 13.1 Å². The summed E-state index contributed by atoms with van der Waals surface area (Å²) in [7, 11) is 0. The number of hydrogen-bond acceptors (Lipinski definition) is 3. The van der Waals surface area contributed by atoms with Crippen LogP contribution in [0.15, 0.2) is 60.7 Å². The summed E-state index contributed by atoms with van der Waals surface area (Å²) in [5.41, 5.74) is 0.109. The van der Waals surface area contributed by atoms with Crippen molar-refractivity contribution in [3.05, 3.63) is 77.4 Å². The zero-order chi connectivity index (χ0) is 22.8. The van der Waals surface area contributed by atoms with Crippen LogP contribution in [0.25, 0.3) is 6.08 Å². The maximum atomic E-state index is 12.8. The Kier molecular flexibility index (Phi) is 6.06. The summed E-state index contributed by atoms with van der Waals surface area (Å²) in [5.74, 6) is -0.305. The topological polar surface area (TPSA) is 61.4 Å². The van der Waals surface area contributed by atoms with Gasteiger partial charge in [-0.3, -0.25) is 14.9 Å². The highest BCUT2D eigenvalue weighted by atomic mass is 19.4. The van der Waals surface area contributed by atoms with Gasteiger partial charge in [-0.05, 0) is 35.8 Å². The molecule has 1 atom stereocenters. The average Bonchev–Trinajstić information content (AvgIpc) is 3.07. The van der Waals surface area contributed by atoms with Crippen LogP contribution in [0.5, 0.6) is 0 Å². The van der Waals surface area contributed by atoms with Crippen LogP contribution in [-0.4, -0.2) is 41.5 Å². The Labute approximate surface area is 184 Å². The highest BCUT2D eigenvalue weighted by Gasteiger charge is 2.45. The number of piperidine rings is 1. The first kappa shape index (κ1) is 22.1. The number of alkyl halides is 3. The van der Waals surface area contributed by atoms with Gasteiger partial charge in [0, 0.05) is 32.0 Å². The van der Waals surface area contributed by atoms with Crippen molar-refractivity contribution in [1.29, 1.82) is 0 Å². The van der Waals surface area contributed by atoms with Gasteiger partial charge in [-0.25, -0.2) is 0 Å². The largest absolute Gasteiger partial charge is 0.416 e. The summed E-state index contributed by atoms with van der Waals surface area (Å²) in [6.07, 6.45) is -0.0109. The highest BCUT2D eigenvalue weighted by molar-refractivity contribution is 5.92. The predicted octanol–water partition coefficient (Wildman–Crippen LogP) is 3.37. The number of likely N-dealkylation sites (tertiary alicyclic amines) is 1. The van der Waals surface area contributed by atoms with E-state index in [1.165, 1.54) is 24.3 Å². The summed E-state index contributed by atoms with van der Waals surface area (Å²) in [5, 5.41) is 6.48. The molecule has 5 nitrogen and oxygen atoms in total. The summed E-state index contributed by atoms with van der Waals surface area (Å²) < 4.78 is 38.5. The minimum absolute atomic E-state index is 0.0435. The summed E-state index contributed by atoms with van der Waals surface area (Å²) in [4.78, 5) is 26.7. The fraction of sp³-hybridized carbons (Fsp3) is 0.333. The van der Waals surface area contributed by atoms with E-state index in [1.807, 2.05) is 30.3 Å². The fourth-order valence-corrected chi connectivity index (χ4v) is 4.22. The molecular weight excluding hydrogens is 419 g/mol. The first-order valence-electron chi connectivity index (χ1n) is 10.5. The number of carbonyl (C=O) groups is 2. The number of benzene rings is 2. The number of hydrogen-bond donors (Lipinski definition) is 2. The monoisotopic (exact) mass is 443 g/mol. The van der Waals surface area contributed by atoms with Gasteiger partial charge in [0.25, 0.3) is 0 Å². The molecule has 4 rings (SSSR count). The molecule has 1 spiro atoms. The van der Waals surface area contributed by atoms with Crippen molar-refractivity contribution in [1.82, 2.24) is 15.5 Å². The van der Waals surface area contributed by atoms with Gasteiger partial charge in [-0.15, -0.1) is 0 Å². The molecule has 0 aliphatic carbocycles. The second-order valence-electron chi connectivity index (χ2n) is 8.24. The van der Waals surface area contributed by atoms with Gasteiger partial charge in [0.05, 0.1) is 17.3 Å². The van der Waals surface area contributed by atoms with Gasteiger partial charge in [0.15, 0.2) is 0 Å². The molecule has 2 fully saturated rings. The van der Waals surface area contributed by atoms with Gasteiger partial charge in [0.2, 0.25) is 11.8 Å². The zero-order valence-corrected chi connectivity index (χ0v) is 17.4. The first-order valence-corrected chi connectivity index (χ1v) is 10.5. The highest BCUT2D eigenvalue weighted by Crippen LogP contribution is 2.30. The Morgan fingerprint density at radius 1 is 1.09 bits per heavy atom. The maximum Gasteiger partial charge on any atom is 0.416 e. The number of rotatable bonds is 4. The molecule has 0 aromatic heterocycles. The van der Waals surface area contributed by atoms with Crippen molar-refractivity contribution < 1.29 is 22.8 Å². The van der Waals surface area contributed by atoms with Crippen LogP contribution < -0.4 is 10.6 Å². The first-order chi connectivity index (χ1) is 15.2. The average molecular weight is 443 g/mol. The van der Waals surface area contributed by atoms with Crippen LogP contribution in [0.4, 0.5) is 13.2 Å². The third-order valence-corrected chi connectivity index (χ3v) is 5.97. The standard InChI is InChI=1S/C24H24F3N3O2/c25-24(26,27)19-8-4-7-18(15-19)9-10-21(31)30-13-11-23(12-14-30)28-20(22(32)29-23)16-17-5-2-1-3-6-17/h1-10,15,20,28H,11-14,16H2,(H,29,32). The quantitative estimate of drug-likeness (QED) is 0.713. The molecule has 2 aliphatic rings. The number of nitrogens with one attached hydrogen (secondary N) is 2. The van der Waals surface area contributed by atoms with E-state index >= 15 is 0 Å². The summed E-state index contributed by atoms with van der Waals surface area (Å²) in [6.45, 7) is 0.883. The molecule has 168 valence electrons. The molecule has 8 heteroatoms. The SMILES string of the molecule is O=C1NC2(CCN(C(=O)C=Cc3cccc(C(F)(F)F)c3)CC2)NC1Cc1ccccc1. The van der Waals surface area contributed by atoms with E-state index < -0.39 is 17.4 Å². The fourth-order valence-electron chi connectivity index (χ4n) is 4.22. The third kappa shape index (κ3) is 5.02. The van der Waals surface area contributed by atoms with E-state index in [1.54, 1.807) is 4.90 Å². The van der Waals surface area contributed by atoms with E-state index in [4.69, 9.17) is 0 Å². The molecular formula is C24H24F3N3O2. The smallest absolute Gasteiger partial charge is 0.339 e. The Balaban J connectivity index is 1.33. The molecule has 0 saturated carbocycles. The molecule has 32 heavy (non-hydrogen) atoms. The number of halogens is 3. The normalized spacial score (nSPS) is 20.7. The maximum absolute atomic E-state index is 12.8. The molecule has 2 heterocycles. The third-order valence-electron chi connectivity index (χ3n) is 5.97. The molecule has 2 aromatic rings. The summed E-state index contributed by atoms with van der Waals surface area (Å²) in [6, 6.07) is 14.3. The predicted molar refractivity (Wildman–Crippen MR) is 114 cm³/mol. The Bertz CT molecular complexity index is 1010. The number of nitrogens with zero attached hydrogens (tertiary/aromatic N) is 1. The van der Waals surface area contributed by atoms with Crippen LogP contribution >= 0.6 is 0 Å². The lowest BCUT2D eigenvalue weighted by Crippen LogP contribution is -2.58. The Morgan fingerprint density at radius 2 is 1.81 bits per heavy atom. The van der Waals surface area contributed by atoms with Crippen LogP contribution in [0.1, 0.15) is 29.5 Å². The molecule has 2 aliphatic heterocycles. The molecule has 0 radical (unpaired) electrons. The zero-order valence-electron chi connectivity index (χ0n) is 17.4. The van der Waals surface area contributed by atoms with E-state index in [2.05, 4.69) is 10.6 Å². The van der Waals surface area contributed by atoms with E-state index in [9.17, 15) is 22.8 Å². The minimum Gasteiger partial charge on any atom is -0.339 e. The molecule has 2 N–H and O–H groups in total. The minimum atomic E-state index is -4.42. The molecule has 1 unspecified atom stereocenters. The number of amides is 2. The van der Waals surface area contributed by atoms with E-state index in [-0.39, 0.29) is 17.9 Å². The van der Waals surface area contributed by atoms with Crippen molar-refractivity contribution in [3.8, 4) is 0 Å². The van der Waals surface area contributed by atoms with E-state index in [0.29, 0.717) is 37.9 Å². The van der Waals surface area contributed by atoms with Crippen molar-refractivity contribution in [3.63, 3.8) is 0 Å². The molecule has 2 amide bonds. The van der Waals surface area contributed by atoms with Crippen molar-refractivity contribution in [2.24, 2.45) is 0 Å². The molecule has 2 aromatic carbocycles. The van der Waals surface area contributed by atoms with Gasteiger partial charge in [-0.2, -0.15) is 13.2 Å². The lowest BCUT2D eigenvalue weighted by Gasteiger charge is -2.39. The van der Waals surface area contributed by atoms with Gasteiger partial charge in [-0.1, -0.05) is 42.5 Å². The van der Waals surface area contributed by atoms with Crippen molar-refractivity contribution in [2.45, 2.75) is 37.1 Å². The molecule has 2 saturated heterocycles. The van der Waals surface area contributed by atoms with Crippen molar-refractivity contribution >= 4 is 17.9 Å². The van der Waals surface area contributed by atoms with Gasteiger partial charge < -0.3 is 10.2 Å². The number of carbonyl (C=O) groups excluding carboxylic acids is 2. The van der Waals surface area contributed by atoms with Gasteiger partial charge >= 0.3 is 6.18 Å². The van der Waals surface area contributed by atoms with Crippen LogP contribution in [0.3, 0.4) is 0 Å². The van der Waals surface area contributed by atoms with E-state index in [0.717, 1.165) is 17.7 Å². The van der Waals surface area contributed by atoms with Crippen LogP contribution in [0, 0.1) is 0 Å². The Morgan fingerprint density at radius 3 is 2.50 bits per heavy atom. The Hall–Kier alpha value is -3.13. The lowest BCUT2D eigenvalue weighted by molar-refractivity contribution is -0.137. The van der Waals surface area contributed by atoms with Crippen LogP contribution in [-0.2, 0) is 22.2 Å². The molecule has 0 bridgehead atoms. The summed E-state index contributed by atoms with van der Waals surface area (Å²) >= 11 is 0. The second-order valence-corrected chi connectivity index (χ2v) is 8.24. The van der Waals surface area contributed by atoms with Crippen LogP contribution in [0.2, 0.25) is 0 Å². The second kappa shape index (κ2) is 8.78.